The number of ether oxygens (including phenoxy) is 2. The van der Waals surface area contributed by atoms with Crippen molar-refractivity contribution in [2.75, 3.05) is 20.8 Å². The highest BCUT2D eigenvalue weighted by molar-refractivity contribution is 6.01. The maximum Gasteiger partial charge on any atom is 0.261 e. The Labute approximate surface area is 151 Å². The molecular formula is C20H19FN2O3. The first kappa shape index (κ1) is 19.0. The van der Waals surface area contributed by atoms with E-state index in [9.17, 15) is 14.4 Å². The van der Waals surface area contributed by atoms with Crippen LogP contribution in [0.4, 0.5) is 4.39 Å². The van der Waals surface area contributed by atoms with Gasteiger partial charge in [0.05, 0.1) is 14.2 Å². The highest BCUT2D eigenvalue weighted by Crippen LogP contribution is 2.27. The molecule has 0 atom stereocenters. The molecule has 0 unspecified atom stereocenters. The van der Waals surface area contributed by atoms with Gasteiger partial charge < -0.3 is 14.8 Å². The topological polar surface area (TPSA) is 71.3 Å². The summed E-state index contributed by atoms with van der Waals surface area (Å²) in [7, 11) is 3.12. The van der Waals surface area contributed by atoms with Gasteiger partial charge in [-0.15, -0.1) is 0 Å². The van der Waals surface area contributed by atoms with Gasteiger partial charge in [0.15, 0.2) is 11.5 Å². The van der Waals surface area contributed by atoms with Crippen LogP contribution in [0.15, 0.2) is 48.0 Å². The number of rotatable bonds is 7. The summed E-state index contributed by atoms with van der Waals surface area (Å²) in [5, 5.41) is 11.9. The molecule has 2 aromatic carbocycles. The molecule has 0 aromatic heterocycles. The van der Waals surface area contributed by atoms with E-state index in [2.05, 4.69) is 5.32 Å². The van der Waals surface area contributed by atoms with Gasteiger partial charge in [-0.2, -0.15) is 5.26 Å². The van der Waals surface area contributed by atoms with E-state index in [1.165, 1.54) is 30.3 Å². The van der Waals surface area contributed by atoms with Crippen LogP contribution in [0, 0.1) is 17.1 Å². The van der Waals surface area contributed by atoms with Crippen molar-refractivity contribution in [3.8, 4) is 17.6 Å². The lowest BCUT2D eigenvalue weighted by atomic mass is 10.1. The average molecular weight is 354 g/mol. The summed E-state index contributed by atoms with van der Waals surface area (Å²) >= 11 is 0. The second-order valence-electron chi connectivity index (χ2n) is 5.42. The van der Waals surface area contributed by atoms with Gasteiger partial charge in [-0.1, -0.05) is 18.2 Å². The predicted octanol–water partition coefficient (Wildman–Crippen LogP) is 3.11. The van der Waals surface area contributed by atoms with Gasteiger partial charge in [0.25, 0.3) is 5.91 Å². The third kappa shape index (κ3) is 5.08. The molecule has 0 saturated heterocycles. The van der Waals surface area contributed by atoms with Crippen molar-refractivity contribution in [2.24, 2.45) is 0 Å². The average Bonchev–Trinajstić information content (AvgIpc) is 2.67. The van der Waals surface area contributed by atoms with E-state index in [0.717, 1.165) is 5.56 Å². The Kier molecular flexibility index (Phi) is 6.75. The largest absolute Gasteiger partial charge is 0.493 e. The minimum absolute atomic E-state index is 0.0380. The highest BCUT2D eigenvalue weighted by Gasteiger charge is 2.09. The number of nitrogens with zero attached hydrogens (tertiary/aromatic N) is 1. The number of carbonyl (C=O) groups is 1. The second kappa shape index (κ2) is 9.23. The minimum Gasteiger partial charge on any atom is -0.493 e. The van der Waals surface area contributed by atoms with Gasteiger partial charge in [-0.05, 0) is 47.9 Å². The number of methoxy groups -OCH3 is 2. The van der Waals surface area contributed by atoms with Crippen LogP contribution in [-0.4, -0.2) is 26.7 Å². The van der Waals surface area contributed by atoms with E-state index >= 15 is 0 Å². The first-order chi connectivity index (χ1) is 12.6. The van der Waals surface area contributed by atoms with Crippen LogP contribution in [0.5, 0.6) is 11.5 Å². The molecule has 0 radical (unpaired) electrons. The lowest BCUT2D eigenvalue weighted by Gasteiger charge is -2.10. The van der Waals surface area contributed by atoms with Crippen molar-refractivity contribution in [1.29, 1.82) is 5.26 Å². The summed E-state index contributed by atoms with van der Waals surface area (Å²) in [6.07, 6.45) is 1.99. The molecule has 0 aliphatic rings. The number of benzene rings is 2. The summed E-state index contributed by atoms with van der Waals surface area (Å²) in [6, 6.07) is 12.9. The van der Waals surface area contributed by atoms with Crippen LogP contribution >= 0.6 is 0 Å². The van der Waals surface area contributed by atoms with Crippen LogP contribution in [0.3, 0.4) is 0 Å². The molecular weight excluding hydrogens is 335 g/mol. The molecule has 2 aromatic rings. The Balaban J connectivity index is 1.97. The Morgan fingerprint density at radius 2 is 1.85 bits per heavy atom. The fourth-order valence-electron chi connectivity index (χ4n) is 2.33. The number of hydrogen-bond donors (Lipinski definition) is 1. The highest BCUT2D eigenvalue weighted by atomic mass is 19.1. The van der Waals surface area contributed by atoms with Crippen molar-refractivity contribution in [3.63, 3.8) is 0 Å². The number of nitriles is 1. The van der Waals surface area contributed by atoms with Gasteiger partial charge in [-0.3, -0.25) is 4.79 Å². The number of halogens is 1. The molecule has 0 heterocycles. The van der Waals surface area contributed by atoms with E-state index < -0.39 is 5.91 Å². The van der Waals surface area contributed by atoms with Crippen molar-refractivity contribution in [2.45, 2.75) is 6.42 Å². The van der Waals surface area contributed by atoms with Crippen molar-refractivity contribution in [1.82, 2.24) is 5.32 Å². The summed E-state index contributed by atoms with van der Waals surface area (Å²) < 4.78 is 23.3. The summed E-state index contributed by atoms with van der Waals surface area (Å²) in [5.41, 5.74) is 1.51. The maximum atomic E-state index is 12.9. The summed E-state index contributed by atoms with van der Waals surface area (Å²) in [4.78, 5) is 12.1. The van der Waals surface area contributed by atoms with Gasteiger partial charge >= 0.3 is 0 Å². The van der Waals surface area contributed by atoms with E-state index in [-0.39, 0.29) is 11.4 Å². The standard InChI is InChI=1S/C20H19FN2O3/c1-25-18-8-5-15(12-19(18)26-2)9-10-23-20(24)16(13-22)11-14-3-6-17(21)7-4-14/h3-8,11-12H,9-10H2,1-2H3,(H,23,24)/b16-11+. The molecule has 6 heteroatoms. The van der Waals surface area contributed by atoms with E-state index in [1.54, 1.807) is 20.3 Å². The number of hydrogen-bond acceptors (Lipinski definition) is 4. The number of amides is 1. The predicted molar refractivity (Wildman–Crippen MR) is 96.2 cm³/mol. The third-order valence-corrected chi connectivity index (χ3v) is 3.69. The zero-order valence-corrected chi connectivity index (χ0v) is 14.6. The fraction of sp³-hybridized carbons (Fsp3) is 0.200. The Hall–Kier alpha value is -3.33. The Bertz CT molecular complexity index is 839. The van der Waals surface area contributed by atoms with Crippen LogP contribution in [-0.2, 0) is 11.2 Å². The summed E-state index contributed by atoms with van der Waals surface area (Å²) in [5.74, 6) is 0.400. The van der Waals surface area contributed by atoms with E-state index in [4.69, 9.17) is 9.47 Å². The normalized spacial score (nSPS) is 10.8. The maximum absolute atomic E-state index is 12.9. The van der Waals surface area contributed by atoms with Crippen molar-refractivity contribution < 1.29 is 18.7 Å². The fourth-order valence-corrected chi connectivity index (χ4v) is 2.33. The number of carbonyl (C=O) groups excluding carboxylic acids is 1. The Morgan fingerprint density at radius 3 is 2.46 bits per heavy atom. The van der Waals surface area contributed by atoms with Crippen LogP contribution in [0.25, 0.3) is 6.08 Å². The van der Waals surface area contributed by atoms with Crippen molar-refractivity contribution in [3.05, 3.63) is 65.0 Å². The molecule has 0 aliphatic carbocycles. The molecule has 0 spiro atoms. The molecule has 1 N–H and O–H groups in total. The molecule has 26 heavy (non-hydrogen) atoms. The monoisotopic (exact) mass is 354 g/mol. The molecule has 0 saturated carbocycles. The molecule has 0 aliphatic heterocycles. The Morgan fingerprint density at radius 1 is 1.15 bits per heavy atom. The molecule has 0 bridgehead atoms. The van der Waals surface area contributed by atoms with Crippen LogP contribution in [0.2, 0.25) is 0 Å². The van der Waals surface area contributed by atoms with E-state index in [0.29, 0.717) is 30.0 Å². The van der Waals surface area contributed by atoms with E-state index in [1.807, 2.05) is 18.2 Å². The zero-order valence-electron chi connectivity index (χ0n) is 14.6. The summed E-state index contributed by atoms with van der Waals surface area (Å²) in [6.45, 7) is 0.358. The van der Waals surface area contributed by atoms with Gasteiger partial charge in [-0.25, -0.2) is 4.39 Å². The van der Waals surface area contributed by atoms with Crippen LogP contribution < -0.4 is 14.8 Å². The third-order valence-electron chi connectivity index (χ3n) is 3.69. The molecule has 0 fully saturated rings. The molecule has 134 valence electrons. The second-order valence-corrected chi connectivity index (χ2v) is 5.42. The smallest absolute Gasteiger partial charge is 0.261 e. The first-order valence-electron chi connectivity index (χ1n) is 7.94. The molecule has 2 rings (SSSR count). The SMILES string of the molecule is COc1ccc(CCNC(=O)/C(C#N)=C/c2ccc(F)cc2)cc1OC. The van der Waals surface area contributed by atoms with Gasteiger partial charge in [0.2, 0.25) is 0 Å². The molecule has 1 amide bonds. The van der Waals surface area contributed by atoms with Gasteiger partial charge in [0.1, 0.15) is 17.5 Å². The van der Waals surface area contributed by atoms with Crippen LogP contribution in [0.1, 0.15) is 11.1 Å². The zero-order chi connectivity index (χ0) is 18.9. The lowest BCUT2D eigenvalue weighted by molar-refractivity contribution is -0.117. The minimum atomic E-state index is -0.475. The first-order valence-corrected chi connectivity index (χ1v) is 7.94. The van der Waals surface area contributed by atoms with Crippen molar-refractivity contribution >= 4 is 12.0 Å². The molecule has 5 nitrogen and oxygen atoms in total. The van der Waals surface area contributed by atoms with Gasteiger partial charge in [0, 0.05) is 6.54 Å². The quantitative estimate of drug-likeness (QED) is 0.613. The lowest BCUT2D eigenvalue weighted by Crippen LogP contribution is -2.26. The number of nitrogens with one attached hydrogen (secondary N) is 1.